The molecule has 1 atom stereocenters. The van der Waals surface area contributed by atoms with Gasteiger partial charge in [0.1, 0.15) is 6.04 Å². The SMILES string of the molecule is Cc1cc(C(=O)CN2C(=O)NC(C(C)C)C2=O)c(C)n1-c1nccs1. The summed E-state index contributed by atoms with van der Waals surface area (Å²) >= 11 is 1.48. The Labute approximate surface area is 149 Å². The number of rotatable bonds is 5. The summed E-state index contributed by atoms with van der Waals surface area (Å²) in [6.07, 6.45) is 1.71. The van der Waals surface area contributed by atoms with E-state index in [9.17, 15) is 14.4 Å². The van der Waals surface area contributed by atoms with Crippen molar-refractivity contribution in [3.8, 4) is 5.13 Å². The highest BCUT2D eigenvalue weighted by Crippen LogP contribution is 2.23. The maximum atomic E-state index is 12.7. The molecule has 132 valence electrons. The zero-order valence-electron chi connectivity index (χ0n) is 14.6. The molecule has 2 aromatic heterocycles. The van der Waals surface area contributed by atoms with Crippen molar-refractivity contribution in [1.29, 1.82) is 0 Å². The van der Waals surface area contributed by atoms with E-state index in [2.05, 4.69) is 10.3 Å². The highest BCUT2D eigenvalue weighted by molar-refractivity contribution is 7.12. The third kappa shape index (κ3) is 2.97. The molecule has 1 unspecified atom stereocenters. The minimum absolute atomic E-state index is 0.0217. The molecule has 8 heteroatoms. The lowest BCUT2D eigenvalue weighted by Gasteiger charge is -2.14. The van der Waals surface area contributed by atoms with Crippen LogP contribution in [0.15, 0.2) is 17.6 Å². The molecule has 0 bridgehead atoms. The lowest BCUT2D eigenvalue weighted by Crippen LogP contribution is -2.37. The van der Waals surface area contributed by atoms with Gasteiger partial charge in [0.15, 0.2) is 10.9 Å². The number of aromatic nitrogens is 2. The van der Waals surface area contributed by atoms with Gasteiger partial charge in [-0.2, -0.15) is 0 Å². The molecule has 1 aliphatic heterocycles. The molecule has 25 heavy (non-hydrogen) atoms. The van der Waals surface area contributed by atoms with Crippen LogP contribution in [0.2, 0.25) is 0 Å². The van der Waals surface area contributed by atoms with Crippen LogP contribution in [-0.2, 0) is 4.79 Å². The topological polar surface area (TPSA) is 84.3 Å². The molecule has 0 aliphatic carbocycles. The van der Waals surface area contributed by atoms with Crippen molar-refractivity contribution >= 4 is 29.1 Å². The summed E-state index contributed by atoms with van der Waals surface area (Å²) in [5, 5.41) is 5.29. The normalized spacial score (nSPS) is 17.5. The summed E-state index contributed by atoms with van der Waals surface area (Å²) in [6.45, 7) is 7.19. The van der Waals surface area contributed by atoms with Crippen molar-refractivity contribution in [3.05, 3.63) is 34.6 Å². The van der Waals surface area contributed by atoms with Gasteiger partial charge in [0.2, 0.25) is 0 Å². The van der Waals surface area contributed by atoms with Crippen LogP contribution in [0.4, 0.5) is 4.79 Å². The molecule has 1 saturated heterocycles. The van der Waals surface area contributed by atoms with Gasteiger partial charge in [-0.1, -0.05) is 13.8 Å². The van der Waals surface area contributed by atoms with E-state index < -0.39 is 12.1 Å². The molecular weight excluding hydrogens is 340 g/mol. The molecule has 2 aromatic rings. The molecule has 0 spiro atoms. The standard InChI is InChI=1S/C17H20N4O3S/c1-9(2)14-15(23)20(16(24)19-14)8-13(22)12-7-10(3)21(11(12)4)17-18-5-6-25-17/h5-7,9,14H,8H2,1-4H3,(H,19,24). The van der Waals surface area contributed by atoms with Crippen molar-refractivity contribution < 1.29 is 14.4 Å². The van der Waals surface area contributed by atoms with Crippen LogP contribution in [0.25, 0.3) is 5.13 Å². The predicted molar refractivity (Wildman–Crippen MR) is 94.1 cm³/mol. The summed E-state index contributed by atoms with van der Waals surface area (Å²) in [7, 11) is 0. The van der Waals surface area contributed by atoms with Crippen molar-refractivity contribution in [2.75, 3.05) is 6.54 Å². The van der Waals surface area contributed by atoms with E-state index in [-0.39, 0.29) is 24.2 Å². The average molecular weight is 360 g/mol. The number of aryl methyl sites for hydroxylation is 1. The van der Waals surface area contributed by atoms with Crippen molar-refractivity contribution in [1.82, 2.24) is 19.8 Å². The third-order valence-corrected chi connectivity index (χ3v) is 5.12. The molecule has 0 saturated carbocycles. The van der Waals surface area contributed by atoms with Crippen LogP contribution < -0.4 is 5.32 Å². The zero-order chi connectivity index (χ0) is 18.3. The molecule has 0 aromatic carbocycles. The number of hydrogen-bond donors (Lipinski definition) is 1. The number of carbonyl (C=O) groups is 3. The molecule has 0 radical (unpaired) electrons. The second-order valence-electron chi connectivity index (χ2n) is 6.45. The largest absolute Gasteiger partial charge is 0.326 e. The first-order valence-corrected chi connectivity index (χ1v) is 8.93. The first-order valence-electron chi connectivity index (χ1n) is 8.05. The number of carbonyl (C=O) groups excluding carboxylic acids is 3. The zero-order valence-corrected chi connectivity index (χ0v) is 15.4. The summed E-state index contributed by atoms with van der Waals surface area (Å²) in [5.74, 6) is -0.627. The van der Waals surface area contributed by atoms with Crippen LogP contribution in [0.3, 0.4) is 0 Å². The van der Waals surface area contributed by atoms with Crippen LogP contribution in [0.1, 0.15) is 35.6 Å². The number of amides is 3. The van der Waals surface area contributed by atoms with Crippen molar-refractivity contribution in [2.24, 2.45) is 5.92 Å². The highest BCUT2D eigenvalue weighted by atomic mass is 32.1. The number of nitrogens with one attached hydrogen (secondary N) is 1. The fraction of sp³-hybridized carbons (Fsp3) is 0.412. The van der Waals surface area contributed by atoms with Gasteiger partial charge >= 0.3 is 6.03 Å². The number of ketones is 1. The lowest BCUT2D eigenvalue weighted by molar-refractivity contribution is -0.127. The van der Waals surface area contributed by atoms with Crippen LogP contribution in [0, 0.1) is 19.8 Å². The third-order valence-electron chi connectivity index (χ3n) is 4.37. The van der Waals surface area contributed by atoms with Crippen molar-refractivity contribution in [2.45, 2.75) is 33.7 Å². The molecule has 3 amide bonds. The first kappa shape index (κ1) is 17.3. The fourth-order valence-corrected chi connectivity index (χ4v) is 3.79. The van der Waals surface area contributed by atoms with E-state index in [4.69, 9.17) is 0 Å². The molecule has 7 nitrogen and oxygen atoms in total. The minimum Gasteiger partial charge on any atom is -0.326 e. The fourth-order valence-electron chi connectivity index (χ4n) is 3.04. The molecule has 1 N–H and O–H groups in total. The predicted octanol–water partition coefficient (Wildman–Crippen LogP) is 2.31. The van der Waals surface area contributed by atoms with Gasteiger partial charge in [0.05, 0.1) is 6.54 Å². The number of Topliss-reactive ketones (excluding diaryl/α,β-unsaturated/α-hetero) is 1. The Morgan fingerprint density at radius 1 is 1.36 bits per heavy atom. The van der Waals surface area contributed by atoms with E-state index in [1.807, 2.05) is 37.6 Å². The van der Waals surface area contributed by atoms with Gasteiger partial charge in [-0.05, 0) is 25.8 Å². The maximum Gasteiger partial charge on any atom is 0.325 e. The Balaban J connectivity index is 1.84. The first-order chi connectivity index (χ1) is 11.8. The number of thiazole rings is 1. The molecule has 3 rings (SSSR count). The highest BCUT2D eigenvalue weighted by Gasteiger charge is 2.40. The van der Waals surface area contributed by atoms with Gasteiger partial charge < -0.3 is 5.32 Å². The van der Waals surface area contributed by atoms with Crippen molar-refractivity contribution in [3.63, 3.8) is 0 Å². The van der Waals surface area contributed by atoms with E-state index in [1.165, 1.54) is 11.3 Å². The van der Waals surface area contributed by atoms with Crippen LogP contribution in [0.5, 0.6) is 0 Å². The summed E-state index contributed by atoms with van der Waals surface area (Å²) < 4.78 is 1.90. The van der Waals surface area contributed by atoms with E-state index in [1.54, 1.807) is 12.3 Å². The Bertz CT molecular complexity index is 838. The molecular formula is C17H20N4O3S. The summed E-state index contributed by atoms with van der Waals surface area (Å²) in [4.78, 5) is 42.4. The van der Waals surface area contributed by atoms with E-state index in [0.29, 0.717) is 5.56 Å². The number of hydrogen-bond acceptors (Lipinski definition) is 5. The van der Waals surface area contributed by atoms with E-state index in [0.717, 1.165) is 21.4 Å². The van der Waals surface area contributed by atoms with Gasteiger partial charge in [-0.25, -0.2) is 9.78 Å². The van der Waals surface area contributed by atoms with Gasteiger partial charge in [0.25, 0.3) is 5.91 Å². The van der Waals surface area contributed by atoms with Gasteiger partial charge in [-0.15, -0.1) is 11.3 Å². The van der Waals surface area contributed by atoms with Gasteiger partial charge in [-0.3, -0.25) is 19.1 Å². The van der Waals surface area contributed by atoms with E-state index >= 15 is 0 Å². The summed E-state index contributed by atoms with van der Waals surface area (Å²) in [6, 6.07) is 0.700. The number of urea groups is 1. The molecule has 3 heterocycles. The monoisotopic (exact) mass is 360 g/mol. The second-order valence-corrected chi connectivity index (χ2v) is 7.33. The Morgan fingerprint density at radius 2 is 2.08 bits per heavy atom. The Morgan fingerprint density at radius 3 is 2.64 bits per heavy atom. The summed E-state index contributed by atoms with van der Waals surface area (Å²) in [5.41, 5.74) is 2.14. The maximum absolute atomic E-state index is 12.7. The number of nitrogens with zero attached hydrogens (tertiary/aromatic N) is 3. The van der Waals surface area contributed by atoms with Gasteiger partial charge in [0, 0.05) is 28.5 Å². The molecule has 1 fully saturated rings. The Hall–Kier alpha value is -2.48. The smallest absolute Gasteiger partial charge is 0.325 e. The van der Waals surface area contributed by atoms with Crippen LogP contribution in [-0.4, -0.2) is 44.8 Å². The molecule has 1 aliphatic rings. The number of imide groups is 1. The Kier molecular flexibility index (Phi) is 4.47. The van der Waals surface area contributed by atoms with Crippen LogP contribution >= 0.6 is 11.3 Å². The average Bonchev–Trinajstić information content (AvgIpc) is 3.22. The quantitative estimate of drug-likeness (QED) is 0.655. The second kappa shape index (κ2) is 6.44. The lowest BCUT2D eigenvalue weighted by atomic mass is 10.0. The minimum atomic E-state index is -0.567.